The molecule has 4 nitrogen and oxygen atoms in total. The fourth-order valence-electron chi connectivity index (χ4n) is 6.51. The maximum atomic E-state index is 14.0. The van der Waals surface area contributed by atoms with Crippen LogP contribution >= 0.6 is 0 Å². The summed E-state index contributed by atoms with van der Waals surface area (Å²) in [6, 6.07) is 23.3. The fourth-order valence-corrected chi connectivity index (χ4v) is 6.51. The van der Waals surface area contributed by atoms with E-state index in [4.69, 9.17) is 0 Å². The highest BCUT2D eigenvalue weighted by Gasteiger charge is 2.69. The molecule has 3 aromatic rings. The summed E-state index contributed by atoms with van der Waals surface area (Å²) >= 11 is 0. The molecule has 3 aliphatic carbocycles. The molecule has 4 aliphatic rings. The van der Waals surface area contributed by atoms with Crippen molar-refractivity contribution in [3.63, 3.8) is 0 Å². The van der Waals surface area contributed by atoms with E-state index in [1.165, 1.54) is 4.90 Å². The Balaban J connectivity index is 1.63. The predicted octanol–water partition coefficient (Wildman–Crippen LogP) is 4.39. The van der Waals surface area contributed by atoms with Crippen LogP contribution in [0.5, 0.6) is 0 Å². The monoisotopic (exact) mass is 421 g/mol. The van der Waals surface area contributed by atoms with Crippen LogP contribution in [0.25, 0.3) is 0 Å². The summed E-state index contributed by atoms with van der Waals surface area (Å²) < 4.78 is 0. The Morgan fingerprint density at radius 2 is 1.41 bits per heavy atom. The Bertz CT molecular complexity index is 1260. The number of benzene rings is 3. The molecular formula is C28H23NO3. The van der Waals surface area contributed by atoms with Crippen molar-refractivity contribution in [3.8, 4) is 0 Å². The van der Waals surface area contributed by atoms with E-state index in [1.54, 1.807) is 6.92 Å². The van der Waals surface area contributed by atoms with Crippen LogP contribution in [0.15, 0.2) is 72.8 Å². The van der Waals surface area contributed by atoms with E-state index < -0.39 is 17.3 Å². The van der Waals surface area contributed by atoms with Crippen molar-refractivity contribution in [2.75, 3.05) is 4.90 Å². The summed E-state index contributed by atoms with van der Waals surface area (Å²) in [5, 5.41) is 0. The van der Waals surface area contributed by atoms with E-state index in [2.05, 4.69) is 6.92 Å². The minimum absolute atomic E-state index is 0.0881. The molecule has 0 unspecified atom stereocenters. The van der Waals surface area contributed by atoms with E-state index >= 15 is 0 Å². The first kappa shape index (κ1) is 19.2. The Morgan fingerprint density at radius 3 is 1.94 bits per heavy atom. The van der Waals surface area contributed by atoms with Gasteiger partial charge in [0.15, 0.2) is 0 Å². The predicted molar refractivity (Wildman–Crippen MR) is 121 cm³/mol. The molecule has 2 bridgehead atoms. The molecule has 0 spiro atoms. The van der Waals surface area contributed by atoms with E-state index in [0.29, 0.717) is 5.69 Å². The number of ketones is 1. The second-order valence-corrected chi connectivity index (χ2v) is 9.05. The maximum absolute atomic E-state index is 14.0. The zero-order chi connectivity index (χ0) is 22.2. The maximum Gasteiger partial charge on any atom is 0.239 e. The van der Waals surface area contributed by atoms with Gasteiger partial charge in [0.25, 0.3) is 0 Å². The average molecular weight is 421 g/mol. The lowest BCUT2D eigenvalue weighted by molar-refractivity contribution is -0.132. The van der Waals surface area contributed by atoms with Gasteiger partial charge in [0.05, 0.1) is 22.9 Å². The van der Waals surface area contributed by atoms with E-state index in [0.717, 1.165) is 34.2 Å². The van der Waals surface area contributed by atoms with Crippen LogP contribution in [0, 0.1) is 11.8 Å². The first-order valence-electron chi connectivity index (χ1n) is 11.2. The number of carbonyl (C=O) groups excluding carboxylic acids is 3. The summed E-state index contributed by atoms with van der Waals surface area (Å²) in [4.78, 5) is 42.7. The fraction of sp³-hybridized carbons (Fsp3) is 0.250. The molecule has 2 atom stereocenters. The van der Waals surface area contributed by atoms with E-state index in [9.17, 15) is 14.4 Å². The minimum atomic E-state index is -1.14. The smallest absolute Gasteiger partial charge is 0.239 e. The summed E-state index contributed by atoms with van der Waals surface area (Å²) in [7, 11) is 0. The van der Waals surface area contributed by atoms with Gasteiger partial charge in [0.1, 0.15) is 5.78 Å². The third-order valence-electron chi connectivity index (χ3n) is 7.78. The molecule has 1 heterocycles. The molecule has 1 saturated heterocycles. The van der Waals surface area contributed by atoms with Crippen molar-refractivity contribution < 1.29 is 14.4 Å². The SMILES string of the molecule is CCc1ccc(N2C(=O)[C@@H]3C4c5ccccc5C(C(C)=O)(c5ccccc54)[C@@H]3C2=O)cc1. The molecule has 0 saturated carbocycles. The van der Waals surface area contributed by atoms with Gasteiger partial charge in [-0.1, -0.05) is 67.6 Å². The third kappa shape index (κ3) is 2.10. The molecule has 0 radical (unpaired) electrons. The van der Waals surface area contributed by atoms with Crippen molar-refractivity contribution in [1.29, 1.82) is 0 Å². The molecular weight excluding hydrogens is 398 g/mol. The summed E-state index contributed by atoms with van der Waals surface area (Å²) in [6.45, 7) is 3.63. The highest BCUT2D eigenvalue weighted by Crippen LogP contribution is 2.64. The molecule has 1 aliphatic heterocycles. The first-order chi connectivity index (χ1) is 15.5. The van der Waals surface area contributed by atoms with Crippen molar-refractivity contribution in [2.24, 2.45) is 11.8 Å². The number of imide groups is 1. The number of aryl methyl sites for hydroxylation is 1. The average Bonchev–Trinajstić information content (AvgIpc) is 3.09. The van der Waals surface area contributed by atoms with Crippen LogP contribution in [0.2, 0.25) is 0 Å². The van der Waals surface area contributed by atoms with Crippen molar-refractivity contribution >= 4 is 23.3 Å². The zero-order valence-electron chi connectivity index (χ0n) is 18.0. The number of anilines is 1. The molecule has 0 N–H and O–H groups in total. The van der Waals surface area contributed by atoms with Gasteiger partial charge < -0.3 is 0 Å². The van der Waals surface area contributed by atoms with Gasteiger partial charge in [-0.3, -0.25) is 14.4 Å². The Kier molecular flexibility index (Phi) is 3.89. The summed E-state index contributed by atoms with van der Waals surface area (Å²) in [6.07, 6.45) is 0.883. The first-order valence-corrected chi connectivity index (χ1v) is 11.2. The molecule has 158 valence electrons. The molecule has 32 heavy (non-hydrogen) atoms. The number of hydrogen-bond donors (Lipinski definition) is 0. The number of carbonyl (C=O) groups is 3. The van der Waals surface area contributed by atoms with Gasteiger partial charge in [-0.05, 0) is 53.3 Å². The van der Waals surface area contributed by atoms with Crippen molar-refractivity contribution in [2.45, 2.75) is 31.6 Å². The van der Waals surface area contributed by atoms with Gasteiger partial charge in [0.2, 0.25) is 11.8 Å². The van der Waals surface area contributed by atoms with Crippen LogP contribution in [-0.2, 0) is 26.2 Å². The zero-order valence-corrected chi connectivity index (χ0v) is 18.0. The number of Topliss-reactive ketones (excluding diaryl/α,β-unsaturated/α-hetero) is 1. The van der Waals surface area contributed by atoms with Crippen LogP contribution in [-0.4, -0.2) is 17.6 Å². The Hall–Kier alpha value is -3.53. The summed E-state index contributed by atoms with van der Waals surface area (Å²) in [5.41, 5.74) is 4.32. The third-order valence-corrected chi connectivity index (χ3v) is 7.78. The lowest BCUT2D eigenvalue weighted by atomic mass is 9.46. The van der Waals surface area contributed by atoms with E-state index in [-0.39, 0.29) is 23.5 Å². The van der Waals surface area contributed by atoms with Crippen LogP contribution in [0.3, 0.4) is 0 Å². The van der Waals surface area contributed by atoms with Crippen molar-refractivity contribution in [1.82, 2.24) is 0 Å². The second kappa shape index (κ2) is 6.49. The number of nitrogens with zero attached hydrogens (tertiary/aromatic N) is 1. The Morgan fingerprint density at radius 1 is 0.844 bits per heavy atom. The lowest BCUT2D eigenvalue weighted by Gasteiger charge is -2.52. The highest BCUT2D eigenvalue weighted by atomic mass is 16.2. The second-order valence-electron chi connectivity index (χ2n) is 9.05. The van der Waals surface area contributed by atoms with Crippen LogP contribution in [0.4, 0.5) is 5.69 Å². The van der Waals surface area contributed by atoms with Gasteiger partial charge in [-0.25, -0.2) is 4.90 Å². The topological polar surface area (TPSA) is 54.5 Å². The number of rotatable bonds is 3. The molecule has 1 fully saturated rings. The van der Waals surface area contributed by atoms with Gasteiger partial charge in [0, 0.05) is 5.92 Å². The normalized spacial score (nSPS) is 27.2. The van der Waals surface area contributed by atoms with Gasteiger partial charge in [-0.2, -0.15) is 0 Å². The molecule has 7 rings (SSSR count). The van der Waals surface area contributed by atoms with Crippen LogP contribution in [0.1, 0.15) is 47.6 Å². The van der Waals surface area contributed by atoms with Gasteiger partial charge in [-0.15, -0.1) is 0 Å². The molecule has 4 heteroatoms. The lowest BCUT2D eigenvalue weighted by Crippen LogP contribution is -2.57. The standard InChI is InChI=1S/C28H23NO3/c1-3-17-12-14-18(15-13-17)29-26(31)24-23-19-8-4-6-10-21(19)28(16(2)30,25(24)27(29)32)22-11-7-5-9-20(22)23/h4-15,23-25H,3H2,1-2H3/t23?,24-,25+,28?/m1/s1. The highest BCUT2D eigenvalue weighted by molar-refractivity contribution is 6.25. The largest absolute Gasteiger partial charge is 0.299 e. The molecule has 0 aromatic heterocycles. The number of amides is 2. The van der Waals surface area contributed by atoms with Crippen molar-refractivity contribution in [3.05, 3.63) is 101 Å². The Labute approximate surface area is 186 Å². The van der Waals surface area contributed by atoms with Crippen LogP contribution < -0.4 is 4.90 Å². The minimum Gasteiger partial charge on any atom is -0.299 e. The van der Waals surface area contributed by atoms with Gasteiger partial charge >= 0.3 is 0 Å². The van der Waals surface area contributed by atoms with E-state index in [1.807, 2.05) is 72.8 Å². The quantitative estimate of drug-likeness (QED) is 0.590. The number of hydrogen-bond acceptors (Lipinski definition) is 3. The molecule has 2 amide bonds. The molecule has 3 aromatic carbocycles. The summed E-state index contributed by atoms with van der Waals surface area (Å²) in [5.74, 6) is -2.10.